The number of aliphatic imine (C=N–C) groups is 1. The van der Waals surface area contributed by atoms with E-state index in [4.69, 9.17) is 4.74 Å². The van der Waals surface area contributed by atoms with Crippen LogP contribution in [0.3, 0.4) is 0 Å². The van der Waals surface area contributed by atoms with Crippen LogP contribution in [0.5, 0.6) is 0 Å². The summed E-state index contributed by atoms with van der Waals surface area (Å²) in [6.45, 7) is 6.19. The van der Waals surface area contributed by atoms with Gasteiger partial charge in [-0.15, -0.1) is 0 Å². The van der Waals surface area contributed by atoms with Gasteiger partial charge in [0.25, 0.3) is 0 Å². The van der Waals surface area contributed by atoms with E-state index in [2.05, 4.69) is 26.2 Å². The molecule has 1 aromatic carbocycles. The standard InChI is InChI=1S/C17H22BrF2N3O4S/c1-16(2,3)27-15(24)21-14-8-23(5)28(25,26)9-17(4,22-14)10-6-11(18)13(20)7-12(10)19/h6-7H,8-9H2,1-5H3,(H,21,22,24). The van der Waals surface area contributed by atoms with E-state index in [1.54, 1.807) is 20.8 Å². The molecule has 1 N–H and O–H groups in total. The first-order chi connectivity index (χ1) is 12.6. The highest BCUT2D eigenvalue weighted by Gasteiger charge is 2.40. The Bertz CT molecular complexity index is 931. The van der Waals surface area contributed by atoms with Crippen molar-refractivity contribution in [1.82, 2.24) is 9.62 Å². The Balaban J connectivity index is 2.53. The van der Waals surface area contributed by atoms with Gasteiger partial charge in [-0.1, -0.05) is 0 Å². The zero-order valence-corrected chi connectivity index (χ0v) is 18.5. The molecule has 1 amide bonds. The van der Waals surface area contributed by atoms with Gasteiger partial charge in [0.15, 0.2) is 0 Å². The summed E-state index contributed by atoms with van der Waals surface area (Å²) in [5.74, 6) is -2.34. The van der Waals surface area contributed by atoms with Gasteiger partial charge in [-0.05, 0) is 49.7 Å². The molecule has 0 saturated heterocycles. The van der Waals surface area contributed by atoms with Gasteiger partial charge < -0.3 is 4.74 Å². The number of benzene rings is 1. The number of hydrogen-bond donors (Lipinski definition) is 1. The SMILES string of the molecule is CN1CC(NC(=O)OC(C)(C)C)=NC(C)(c2cc(Br)c(F)cc2F)CS1(=O)=O. The predicted octanol–water partition coefficient (Wildman–Crippen LogP) is 3.14. The third-order valence-corrected chi connectivity index (χ3v) is 6.54. The van der Waals surface area contributed by atoms with E-state index >= 15 is 0 Å². The minimum absolute atomic E-state index is 0.0137. The monoisotopic (exact) mass is 481 g/mol. The van der Waals surface area contributed by atoms with E-state index in [1.807, 2.05) is 0 Å². The van der Waals surface area contributed by atoms with Crippen molar-refractivity contribution in [2.45, 2.75) is 38.8 Å². The average Bonchev–Trinajstić information content (AvgIpc) is 2.55. The lowest BCUT2D eigenvalue weighted by Crippen LogP contribution is -2.42. The molecule has 0 fully saturated rings. The molecule has 0 aliphatic carbocycles. The summed E-state index contributed by atoms with van der Waals surface area (Å²) in [7, 11) is -2.52. The van der Waals surface area contributed by atoms with Gasteiger partial charge in [-0.25, -0.2) is 22.0 Å². The van der Waals surface area contributed by atoms with E-state index in [9.17, 15) is 22.0 Å². The molecule has 11 heteroatoms. The van der Waals surface area contributed by atoms with Crippen LogP contribution in [0.2, 0.25) is 0 Å². The van der Waals surface area contributed by atoms with Crippen molar-refractivity contribution >= 4 is 37.9 Å². The molecule has 1 heterocycles. The number of nitrogens with one attached hydrogen (secondary N) is 1. The van der Waals surface area contributed by atoms with Crippen LogP contribution in [0, 0.1) is 11.6 Å². The van der Waals surface area contributed by atoms with E-state index in [1.165, 1.54) is 14.0 Å². The summed E-state index contributed by atoms with van der Waals surface area (Å²) < 4.78 is 59.5. The number of carbonyl (C=O) groups excluding carboxylic acids is 1. The fourth-order valence-corrected chi connectivity index (χ4v) is 4.52. The Morgan fingerprint density at radius 3 is 2.50 bits per heavy atom. The second kappa shape index (κ2) is 7.68. The molecule has 156 valence electrons. The number of nitrogens with zero attached hydrogens (tertiary/aromatic N) is 2. The molecule has 1 aliphatic heterocycles. The lowest BCUT2D eigenvalue weighted by molar-refractivity contribution is 0.0561. The highest BCUT2D eigenvalue weighted by atomic mass is 79.9. The number of amidine groups is 1. The molecular formula is C17H22BrF2N3O4S. The number of sulfonamides is 1. The quantitative estimate of drug-likeness (QED) is 0.624. The van der Waals surface area contributed by atoms with Crippen molar-refractivity contribution in [2.24, 2.45) is 4.99 Å². The van der Waals surface area contributed by atoms with E-state index in [0.29, 0.717) is 6.07 Å². The van der Waals surface area contributed by atoms with Crippen LogP contribution in [-0.4, -0.2) is 49.6 Å². The fourth-order valence-electron chi connectivity index (χ4n) is 2.70. The van der Waals surface area contributed by atoms with E-state index in [-0.39, 0.29) is 22.4 Å². The number of amides is 1. The smallest absolute Gasteiger partial charge is 0.413 e. The van der Waals surface area contributed by atoms with Crippen LogP contribution < -0.4 is 5.32 Å². The molecule has 7 nitrogen and oxygen atoms in total. The summed E-state index contributed by atoms with van der Waals surface area (Å²) in [6, 6.07) is 1.81. The molecule has 1 aliphatic rings. The van der Waals surface area contributed by atoms with Gasteiger partial charge in [0.2, 0.25) is 10.0 Å². The maximum Gasteiger partial charge on any atom is 0.413 e. The average molecular weight is 482 g/mol. The molecule has 1 atom stereocenters. The minimum atomic E-state index is -3.85. The lowest BCUT2D eigenvalue weighted by Gasteiger charge is -2.26. The van der Waals surface area contributed by atoms with Gasteiger partial charge >= 0.3 is 6.09 Å². The topological polar surface area (TPSA) is 88.1 Å². The molecule has 2 rings (SSSR count). The second-order valence-electron chi connectivity index (χ2n) is 7.72. The van der Waals surface area contributed by atoms with Crippen LogP contribution in [0.4, 0.5) is 13.6 Å². The number of carbonyl (C=O) groups is 1. The third-order valence-electron chi connectivity index (χ3n) is 3.93. The summed E-state index contributed by atoms with van der Waals surface area (Å²) in [4.78, 5) is 16.4. The van der Waals surface area contributed by atoms with Crippen LogP contribution in [-0.2, 0) is 20.3 Å². The Morgan fingerprint density at radius 2 is 1.93 bits per heavy atom. The maximum absolute atomic E-state index is 14.5. The number of likely N-dealkylation sites (N-methyl/N-ethyl adjacent to an activating group) is 1. The van der Waals surface area contributed by atoms with Crippen LogP contribution in [0.1, 0.15) is 33.3 Å². The Morgan fingerprint density at radius 1 is 1.32 bits per heavy atom. The van der Waals surface area contributed by atoms with Crippen molar-refractivity contribution in [3.8, 4) is 0 Å². The molecule has 0 aromatic heterocycles. The Hall–Kier alpha value is -1.59. The Kier molecular flexibility index (Phi) is 6.22. The third kappa shape index (κ3) is 5.26. The molecule has 0 saturated carbocycles. The van der Waals surface area contributed by atoms with Gasteiger partial charge in [-0.3, -0.25) is 10.3 Å². The molecular weight excluding hydrogens is 460 g/mol. The van der Waals surface area contributed by atoms with Crippen LogP contribution >= 0.6 is 15.9 Å². The zero-order chi connectivity index (χ0) is 21.5. The lowest BCUT2D eigenvalue weighted by atomic mass is 9.94. The highest BCUT2D eigenvalue weighted by Crippen LogP contribution is 2.34. The van der Waals surface area contributed by atoms with Gasteiger partial charge in [0, 0.05) is 18.7 Å². The van der Waals surface area contributed by atoms with Crippen molar-refractivity contribution in [3.05, 3.63) is 33.8 Å². The van der Waals surface area contributed by atoms with Crippen molar-refractivity contribution in [2.75, 3.05) is 19.3 Å². The zero-order valence-electron chi connectivity index (χ0n) is 16.1. The summed E-state index contributed by atoms with van der Waals surface area (Å²) in [5.41, 5.74) is -2.50. The van der Waals surface area contributed by atoms with Gasteiger partial charge in [-0.2, -0.15) is 4.31 Å². The Labute approximate surface area is 171 Å². The van der Waals surface area contributed by atoms with Gasteiger partial charge in [0.05, 0.1) is 16.8 Å². The highest BCUT2D eigenvalue weighted by molar-refractivity contribution is 9.10. The largest absolute Gasteiger partial charge is 0.444 e. The first-order valence-electron chi connectivity index (χ1n) is 8.31. The molecule has 0 bridgehead atoms. The summed E-state index contributed by atoms with van der Waals surface area (Å²) in [5, 5.41) is 2.43. The molecule has 0 radical (unpaired) electrons. The number of rotatable bonds is 1. The van der Waals surface area contributed by atoms with E-state index in [0.717, 1.165) is 10.4 Å². The number of halogens is 3. The number of alkyl carbamates (subject to hydrolysis) is 1. The predicted molar refractivity (Wildman–Crippen MR) is 105 cm³/mol. The number of hydrogen-bond acceptors (Lipinski definition) is 5. The summed E-state index contributed by atoms with van der Waals surface area (Å²) >= 11 is 2.98. The maximum atomic E-state index is 14.5. The van der Waals surface area contributed by atoms with Crippen molar-refractivity contribution in [3.63, 3.8) is 0 Å². The van der Waals surface area contributed by atoms with Gasteiger partial charge in [0.1, 0.15) is 28.6 Å². The molecule has 1 unspecified atom stereocenters. The fraction of sp³-hybridized carbons (Fsp3) is 0.529. The van der Waals surface area contributed by atoms with Crippen LogP contribution in [0.25, 0.3) is 0 Å². The first-order valence-corrected chi connectivity index (χ1v) is 10.7. The normalized spacial score (nSPS) is 22.9. The number of ether oxygens (including phenoxy) is 1. The van der Waals surface area contributed by atoms with Crippen LogP contribution in [0.15, 0.2) is 21.6 Å². The van der Waals surface area contributed by atoms with Crippen molar-refractivity contribution < 1.29 is 26.7 Å². The summed E-state index contributed by atoms with van der Waals surface area (Å²) in [6.07, 6.45) is -0.818. The molecule has 0 spiro atoms. The molecule has 28 heavy (non-hydrogen) atoms. The van der Waals surface area contributed by atoms with Crippen molar-refractivity contribution in [1.29, 1.82) is 0 Å². The minimum Gasteiger partial charge on any atom is -0.444 e. The second-order valence-corrected chi connectivity index (χ2v) is 10.6. The van der Waals surface area contributed by atoms with E-state index < -0.39 is 44.6 Å². The molecule has 1 aromatic rings. The first kappa shape index (κ1) is 22.7.